The van der Waals surface area contributed by atoms with E-state index in [4.69, 9.17) is 4.74 Å². The maximum atomic E-state index is 13.1. The molecule has 0 bridgehead atoms. The minimum Gasteiger partial charge on any atom is -0.372 e. The molecule has 1 heterocycles. The van der Waals surface area contributed by atoms with Crippen LogP contribution in [0.1, 0.15) is 83.1 Å². The Hall–Kier alpha value is -1.68. The lowest BCUT2D eigenvalue weighted by molar-refractivity contribution is 0.0220. The molecule has 0 radical (unpaired) electrons. The van der Waals surface area contributed by atoms with Crippen molar-refractivity contribution in [3.8, 4) is 0 Å². The van der Waals surface area contributed by atoms with Crippen molar-refractivity contribution < 1.29 is 9.13 Å². The van der Waals surface area contributed by atoms with Crippen LogP contribution in [0.15, 0.2) is 43.0 Å². The summed E-state index contributed by atoms with van der Waals surface area (Å²) in [7, 11) is 0. The predicted molar refractivity (Wildman–Crippen MR) is 114 cm³/mol. The summed E-state index contributed by atoms with van der Waals surface area (Å²) in [5.41, 5.74) is 1.01. The molecule has 28 heavy (non-hydrogen) atoms. The molecule has 2 rings (SSSR count). The van der Waals surface area contributed by atoms with Crippen LogP contribution in [-0.4, -0.2) is 15.7 Å². The normalized spacial score (nSPS) is 12.4. The number of aromatic nitrogens is 2. The Morgan fingerprint density at radius 3 is 2.18 bits per heavy atom. The molecule has 0 saturated carbocycles. The zero-order chi connectivity index (χ0) is 19.9. The zero-order valence-electron chi connectivity index (χ0n) is 17.5. The summed E-state index contributed by atoms with van der Waals surface area (Å²) in [4.78, 5) is 4.13. The van der Waals surface area contributed by atoms with E-state index in [2.05, 4.69) is 16.5 Å². The number of nitrogens with zero attached hydrogens (tertiary/aromatic N) is 2. The standard InChI is InChI=1S/C24H37FN2O/c1-2-3-4-5-6-7-8-9-10-11-12-24(19-27-18-17-26-21-27)28-20-22-13-15-23(25)16-14-22/h13-18,21,24H,2-12,19-20H2,1H3. The molecule has 1 atom stereocenters. The second-order valence-electron chi connectivity index (χ2n) is 7.79. The molecule has 0 fully saturated rings. The summed E-state index contributed by atoms with van der Waals surface area (Å²) in [5.74, 6) is -0.205. The third-order valence-electron chi connectivity index (χ3n) is 5.25. The van der Waals surface area contributed by atoms with Gasteiger partial charge in [-0.25, -0.2) is 9.37 Å². The first-order valence-corrected chi connectivity index (χ1v) is 11.1. The van der Waals surface area contributed by atoms with Gasteiger partial charge in [-0.15, -0.1) is 0 Å². The number of halogens is 1. The second kappa shape index (κ2) is 14.3. The van der Waals surface area contributed by atoms with Crippen molar-refractivity contribution in [3.05, 3.63) is 54.4 Å². The maximum Gasteiger partial charge on any atom is 0.123 e. The predicted octanol–water partition coefficient (Wildman–Crippen LogP) is 6.92. The molecule has 156 valence electrons. The van der Waals surface area contributed by atoms with Crippen LogP contribution in [0.2, 0.25) is 0 Å². The SMILES string of the molecule is CCCCCCCCCCCCC(Cn1ccnc1)OCc1ccc(F)cc1. The average Bonchev–Trinajstić information content (AvgIpc) is 3.21. The number of unbranched alkanes of at least 4 members (excludes halogenated alkanes) is 9. The Labute approximate surface area is 170 Å². The molecular weight excluding hydrogens is 351 g/mol. The van der Waals surface area contributed by atoms with Crippen LogP contribution in [0.5, 0.6) is 0 Å². The summed E-state index contributed by atoms with van der Waals surface area (Å²) in [6.07, 6.45) is 20.3. The molecular formula is C24H37FN2O. The van der Waals surface area contributed by atoms with Gasteiger partial charge in [-0.3, -0.25) is 0 Å². The highest BCUT2D eigenvalue weighted by molar-refractivity contribution is 5.14. The van der Waals surface area contributed by atoms with Crippen LogP contribution in [0.4, 0.5) is 4.39 Å². The molecule has 0 spiro atoms. The van der Waals surface area contributed by atoms with Gasteiger partial charge in [-0.1, -0.05) is 83.3 Å². The van der Waals surface area contributed by atoms with Crippen LogP contribution < -0.4 is 0 Å². The molecule has 1 unspecified atom stereocenters. The summed E-state index contributed by atoms with van der Waals surface area (Å²) in [5, 5.41) is 0. The van der Waals surface area contributed by atoms with Crippen molar-refractivity contribution in [2.24, 2.45) is 0 Å². The number of benzene rings is 1. The Morgan fingerprint density at radius 2 is 1.57 bits per heavy atom. The number of rotatable bonds is 16. The number of imidazole rings is 1. The molecule has 0 amide bonds. The van der Waals surface area contributed by atoms with Gasteiger partial charge in [0.15, 0.2) is 0 Å². The van der Waals surface area contributed by atoms with Crippen molar-refractivity contribution in [2.45, 2.75) is 96.8 Å². The molecule has 0 saturated heterocycles. The molecule has 4 heteroatoms. The van der Waals surface area contributed by atoms with E-state index < -0.39 is 0 Å². The molecule has 1 aromatic heterocycles. The van der Waals surface area contributed by atoms with Gasteiger partial charge in [-0.2, -0.15) is 0 Å². The lowest BCUT2D eigenvalue weighted by Crippen LogP contribution is -2.19. The van der Waals surface area contributed by atoms with Gasteiger partial charge in [0.05, 0.1) is 19.0 Å². The van der Waals surface area contributed by atoms with Crippen molar-refractivity contribution in [1.82, 2.24) is 9.55 Å². The summed E-state index contributed by atoms with van der Waals surface area (Å²) >= 11 is 0. The van der Waals surface area contributed by atoms with E-state index in [0.29, 0.717) is 6.61 Å². The molecule has 0 aliphatic heterocycles. The van der Waals surface area contributed by atoms with Gasteiger partial charge in [0.1, 0.15) is 5.82 Å². The van der Waals surface area contributed by atoms with Gasteiger partial charge in [-0.05, 0) is 24.1 Å². The van der Waals surface area contributed by atoms with E-state index in [-0.39, 0.29) is 11.9 Å². The smallest absolute Gasteiger partial charge is 0.123 e. The summed E-state index contributed by atoms with van der Waals surface area (Å²) < 4.78 is 21.3. The summed E-state index contributed by atoms with van der Waals surface area (Å²) in [6.45, 7) is 3.61. The first-order valence-electron chi connectivity index (χ1n) is 11.1. The molecule has 0 aliphatic rings. The van der Waals surface area contributed by atoms with Crippen LogP contribution in [0.3, 0.4) is 0 Å². The van der Waals surface area contributed by atoms with Gasteiger partial charge in [0.2, 0.25) is 0 Å². The van der Waals surface area contributed by atoms with Crippen LogP contribution in [-0.2, 0) is 17.9 Å². The van der Waals surface area contributed by atoms with Gasteiger partial charge >= 0.3 is 0 Å². The number of hydrogen-bond acceptors (Lipinski definition) is 2. The largest absolute Gasteiger partial charge is 0.372 e. The van der Waals surface area contributed by atoms with Crippen LogP contribution in [0, 0.1) is 5.82 Å². The second-order valence-corrected chi connectivity index (χ2v) is 7.79. The number of ether oxygens (including phenoxy) is 1. The van der Waals surface area contributed by atoms with E-state index >= 15 is 0 Å². The third-order valence-corrected chi connectivity index (χ3v) is 5.25. The lowest BCUT2D eigenvalue weighted by atomic mass is 10.0. The topological polar surface area (TPSA) is 27.1 Å². The van der Waals surface area contributed by atoms with Crippen molar-refractivity contribution in [3.63, 3.8) is 0 Å². The van der Waals surface area contributed by atoms with Crippen molar-refractivity contribution in [2.75, 3.05) is 0 Å². The minimum atomic E-state index is -0.205. The van der Waals surface area contributed by atoms with E-state index in [1.807, 2.05) is 12.5 Å². The van der Waals surface area contributed by atoms with Crippen molar-refractivity contribution in [1.29, 1.82) is 0 Å². The monoisotopic (exact) mass is 388 g/mol. The quantitative estimate of drug-likeness (QED) is 0.292. The van der Waals surface area contributed by atoms with Crippen LogP contribution >= 0.6 is 0 Å². The highest BCUT2D eigenvalue weighted by Crippen LogP contribution is 2.15. The van der Waals surface area contributed by atoms with E-state index in [1.165, 1.54) is 76.3 Å². The third kappa shape index (κ3) is 10.0. The number of hydrogen-bond donors (Lipinski definition) is 0. The molecule has 3 nitrogen and oxygen atoms in total. The Kier molecular flexibility index (Phi) is 11.6. The first kappa shape index (κ1) is 22.6. The Bertz CT molecular complexity index is 598. The van der Waals surface area contributed by atoms with E-state index in [9.17, 15) is 4.39 Å². The van der Waals surface area contributed by atoms with Gasteiger partial charge in [0, 0.05) is 18.9 Å². The fourth-order valence-electron chi connectivity index (χ4n) is 3.51. The highest BCUT2D eigenvalue weighted by atomic mass is 19.1. The Morgan fingerprint density at radius 1 is 0.929 bits per heavy atom. The average molecular weight is 389 g/mol. The maximum absolute atomic E-state index is 13.1. The lowest BCUT2D eigenvalue weighted by Gasteiger charge is -2.18. The van der Waals surface area contributed by atoms with Crippen molar-refractivity contribution >= 4 is 0 Å². The van der Waals surface area contributed by atoms with E-state index in [0.717, 1.165) is 18.5 Å². The molecule has 0 N–H and O–H groups in total. The summed E-state index contributed by atoms with van der Waals surface area (Å²) in [6, 6.07) is 6.58. The molecule has 1 aromatic carbocycles. The molecule has 0 aliphatic carbocycles. The highest BCUT2D eigenvalue weighted by Gasteiger charge is 2.10. The first-order chi connectivity index (χ1) is 13.8. The zero-order valence-corrected chi connectivity index (χ0v) is 17.5. The van der Waals surface area contributed by atoms with Crippen LogP contribution in [0.25, 0.3) is 0 Å². The minimum absolute atomic E-state index is 0.160. The molecule has 2 aromatic rings. The fraction of sp³-hybridized carbons (Fsp3) is 0.625. The van der Waals surface area contributed by atoms with Gasteiger partial charge < -0.3 is 9.30 Å². The van der Waals surface area contributed by atoms with Gasteiger partial charge in [0.25, 0.3) is 0 Å². The fourth-order valence-corrected chi connectivity index (χ4v) is 3.51. The Balaban J connectivity index is 1.63. The van der Waals surface area contributed by atoms with E-state index in [1.54, 1.807) is 18.3 Å².